The molecule has 1 aromatic rings. The topological polar surface area (TPSA) is 79.0 Å². The summed E-state index contributed by atoms with van der Waals surface area (Å²) in [7, 11) is 3.71. The molecule has 4 atom stereocenters. The molecule has 0 radical (unpaired) electrons. The smallest absolute Gasteiger partial charge is 0.333 e. The highest BCUT2D eigenvalue weighted by atomic mass is 32.2. The van der Waals surface area contributed by atoms with E-state index in [0.29, 0.717) is 12.2 Å². The van der Waals surface area contributed by atoms with Crippen molar-refractivity contribution in [1.82, 2.24) is 15.1 Å². The third-order valence-corrected chi connectivity index (χ3v) is 8.74. The summed E-state index contributed by atoms with van der Waals surface area (Å²) in [6.45, 7) is 17.8. The molecule has 8 heteroatoms. The van der Waals surface area contributed by atoms with Gasteiger partial charge >= 0.3 is 5.97 Å². The standard InChI is InChI=1S/C30H47N3O4S/c1-12-37-28(36)20(4)18-22(19(2)3)32(10)26(35)23(29(5,6)7)31-25(34)24-30(8,9)38-27(33(24)11)21-16-14-13-15-17-21/h13-19,22-24,27H,12H2,1-11H3,(H,31,34)/b20-18+/t22-,23?,24?,27?/m1/s1. The number of rotatable bonds is 9. The second-order valence-corrected chi connectivity index (χ2v) is 13.8. The number of amides is 2. The van der Waals surface area contributed by atoms with E-state index in [1.54, 1.807) is 43.6 Å². The number of thioether (sulfide) groups is 1. The number of ether oxygens (including phenoxy) is 1. The molecule has 3 unspecified atom stereocenters. The second kappa shape index (κ2) is 12.7. The Balaban J connectivity index is 2.33. The maximum atomic E-state index is 13.9. The van der Waals surface area contributed by atoms with Gasteiger partial charge in [0.25, 0.3) is 0 Å². The first-order valence-corrected chi connectivity index (χ1v) is 14.3. The van der Waals surface area contributed by atoms with Crippen LogP contribution < -0.4 is 5.32 Å². The van der Waals surface area contributed by atoms with E-state index in [0.717, 1.165) is 5.56 Å². The summed E-state index contributed by atoms with van der Waals surface area (Å²) in [5.41, 5.74) is 1.07. The number of nitrogens with zero attached hydrogens (tertiary/aromatic N) is 2. The number of hydrogen-bond acceptors (Lipinski definition) is 6. The molecule has 38 heavy (non-hydrogen) atoms. The number of likely N-dealkylation sites (N-methyl/N-ethyl adjacent to an activating group) is 2. The summed E-state index contributed by atoms with van der Waals surface area (Å²) in [4.78, 5) is 43.8. The average molecular weight is 546 g/mol. The zero-order valence-corrected chi connectivity index (χ0v) is 25.8. The van der Waals surface area contributed by atoms with Gasteiger partial charge in [-0.05, 0) is 51.6 Å². The summed E-state index contributed by atoms with van der Waals surface area (Å²) in [6.07, 6.45) is 1.79. The van der Waals surface area contributed by atoms with Crippen molar-refractivity contribution in [2.45, 2.75) is 90.6 Å². The lowest BCUT2D eigenvalue weighted by Crippen LogP contribution is -2.60. The highest BCUT2D eigenvalue weighted by Crippen LogP contribution is 2.51. The van der Waals surface area contributed by atoms with Crippen LogP contribution in [-0.2, 0) is 19.1 Å². The van der Waals surface area contributed by atoms with Crippen LogP contribution in [0.4, 0.5) is 0 Å². The highest BCUT2D eigenvalue weighted by molar-refractivity contribution is 8.01. The van der Waals surface area contributed by atoms with Gasteiger partial charge in [-0.15, -0.1) is 11.8 Å². The Morgan fingerprint density at radius 2 is 1.76 bits per heavy atom. The van der Waals surface area contributed by atoms with Crippen LogP contribution >= 0.6 is 11.8 Å². The molecule has 1 fully saturated rings. The second-order valence-electron chi connectivity index (χ2n) is 12.1. The van der Waals surface area contributed by atoms with Gasteiger partial charge in [0.15, 0.2) is 0 Å². The Labute approximate surface area is 233 Å². The minimum absolute atomic E-state index is 0.0368. The SMILES string of the molecule is CCOC(=O)/C(C)=C/[C@H](C(C)C)N(C)C(=O)C(NC(=O)C1N(C)C(c2ccccc2)SC1(C)C)C(C)(C)C. The molecular formula is C30H47N3O4S. The fraction of sp³-hybridized carbons (Fsp3) is 0.633. The van der Waals surface area contributed by atoms with E-state index in [-0.39, 0.29) is 33.9 Å². The molecule has 0 aliphatic carbocycles. The molecule has 1 saturated heterocycles. The quantitative estimate of drug-likeness (QED) is 0.346. The average Bonchev–Trinajstić information content (AvgIpc) is 3.07. The first-order valence-electron chi connectivity index (χ1n) is 13.4. The number of carbonyl (C=O) groups excluding carboxylic acids is 3. The molecule has 1 N–H and O–H groups in total. The largest absolute Gasteiger partial charge is 0.463 e. The van der Waals surface area contributed by atoms with Gasteiger partial charge in [-0.1, -0.05) is 71.0 Å². The van der Waals surface area contributed by atoms with Crippen LogP contribution in [0.2, 0.25) is 0 Å². The number of benzene rings is 1. The van der Waals surface area contributed by atoms with Gasteiger partial charge in [0.05, 0.1) is 18.0 Å². The first-order chi connectivity index (χ1) is 17.5. The fourth-order valence-corrected chi connectivity index (χ4v) is 6.58. The van der Waals surface area contributed by atoms with Crippen LogP contribution in [0.25, 0.3) is 0 Å². The maximum absolute atomic E-state index is 13.9. The van der Waals surface area contributed by atoms with Crippen molar-refractivity contribution in [2.75, 3.05) is 20.7 Å². The molecular weight excluding hydrogens is 498 g/mol. The van der Waals surface area contributed by atoms with E-state index in [4.69, 9.17) is 4.74 Å². The van der Waals surface area contributed by atoms with E-state index in [1.807, 2.05) is 59.9 Å². The van der Waals surface area contributed by atoms with Crippen molar-refractivity contribution in [1.29, 1.82) is 0 Å². The Morgan fingerprint density at radius 3 is 2.26 bits per heavy atom. The van der Waals surface area contributed by atoms with Gasteiger partial charge < -0.3 is 15.0 Å². The molecule has 0 aromatic heterocycles. The van der Waals surface area contributed by atoms with E-state index < -0.39 is 23.5 Å². The van der Waals surface area contributed by atoms with Gasteiger partial charge in [-0.25, -0.2) is 4.79 Å². The van der Waals surface area contributed by atoms with Crippen LogP contribution in [0.1, 0.15) is 73.3 Å². The van der Waals surface area contributed by atoms with Gasteiger partial charge in [-0.3, -0.25) is 14.5 Å². The molecule has 0 spiro atoms. The van der Waals surface area contributed by atoms with Crippen molar-refractivity contribution in [2.24, 2.45) is 11.3 Å². The van der Waals surface area contributed by atoms with Crippen LogP contribution in [-0.4, -0.2) is 71.2 Å². The van der Waals surface area contributed by atoms with Gasteiger partial charge in [0, 0.05) is 17.4 Å². The highest BCUT2D eigenvalue weighted by Gasteiger charge is 2.51. The summed E-state index contributed by atoms with van der Waals surface area (Å²) in [5, 5.41) is 3.17. The van der Waals surface area contributed by atoms with Crippen molar-refractivity contribution in [3.8, 4) is 0 Å². The van der Waals surface area contributed by atoms with Crippen LogP contribution in [0.5, 0.6) is 0 Å². The number of hydrogen-bond donors (Lipinski definition) is 1. The molecule has 2 rings (SSSR count). The first kappa shape index (κ1) is 31.9. The maximum Gasteiger partial charge on any atom is 0.333 e. The Bertz CT molecular complexity index is 1020. The lowest BCUT2D eigenvalue weighted by molar-refractivity contribution is -0.141. The third-order valence-electron chi connectivity index (χ3n) is 7.08. The van der Waals surface area contributed by atoms with Gasteiger partial charge in [0.2, 0.25) is 11.8 Å². The molecule has 1 heterocycles. The normalized spacial score (nSPS) is 21.6. The monoisotopic (exact) mass is 545 g/mol. The zero-order valence-electron chi connectivity index (χ0n) is 25.0. The van der Waals surface area contributed by atoms with Gasteiger partial charge in [0.1, 0.15) is 12.1 Å². The third kappa shape index (κ3) is 7.41. The number of esters is 1. The summed E-state index contributed by atoms with van der Waals surface area (Å²) in [6, 6.07) is 8.67. The Morgan fingerprint density at radius 1 is 1.18 bits per heavy atom. The van der Waals surface area contributed by atoms with Crippen LogP contribution in [0.3, 0.4) is 0 Å². The van der Waals surface area contributed by atoms with Crippen molar-refractivity contribution >= 4 is 29.5 Å². The van der Waals surface area contributed by atoms with E-state index in [9.17, 15) is 14.4 Å². The lowest BCUT2D eigenvalue weighted by atomic mass is 9.84. The van der Waals surface area contributed by atoms with Crippen molar-refractivity contribution in [3.63, 3.8) is 0 Å². The summed E-state index contributed by atoms with van der Waals surface area (Å²) >= 11 is 1.76. The molecule has 0 bridgehead atoms. The minimum Gasteiger partial charge on any atom is -0.463 e. The summed E-state index contributed by atoms with van der Waals surface area (Å²) in [5.74, 6) is -0.697. The zero-order chi connectivity index (χ0) is 29.0. The molecule has 1 aliphatic heterocycles. The van der Waals surface area contributed by atoms with E-state index in [1.165, 1.54) is 0 Å². The van der Waals surface area contributed by atoms with Crippen molar-refractivity contribution in [3.05, 3.63) is 47.5 Å². The molecule has 1 aromatic carbocycles. The van der Waals surface area contributed by atoms with E-state index in [2.05, 4.69) is 36.2 Å². The number of nitrogens with one attached hydrogen (secondary N) is 1. The van der Waals surface area contributed by atoms with Gasteiger partial charge in [-0.2, -0.15) is 0 Å². The predicted molar refractivity (Wildman–Crippen MR) is 156 cm³/mol. The Kier molecular flexibility index (Phi) is 10.7. The molecule has 2 amide bonds. The fourth-order valence-electron chi connectivity index (χ4n) is 5.02. The molecule has 1 aliphatic rings. The minimum atomic E-state index is -0.748. The molecule has 0 saturated carbocycles. The molecule has 7 nitrogen and oxygen atoms in total. The van der Waals surface area contributed by atoms with Crippen molar-refractivity contribution < 1.29 is 19.1 Å². The van der Waals surface area contributed by atoms with Crippen LogP contribution in [0, 0.1) is 11.3 Å². The molecule has 212 valence electrons. The summed E-state index contributed by atoms with van der Waals surface area (Å²) < 4.78 is 4.77. The predicted octanol–water partition coefficient (Wildman–Crippen LogP) is 5.03. The lowest BCUT2D eigenvalue weighted by Gasteiger charge is -2.39. The van der Waals surface area contributed by atoms with Crippen LogP contribution in [0.15, 0.2) is 42.0 Å². The van der Waals surface area contributed by atoms with E-state index >= 15 is 0 Å². The number of carbonyl (C=O) groups is 3. The Hall–Kier alpha value is -2.32.